The second-order valence-electron chi connectivity index (χ2n) is 10.2. The highest BCUT2D eigenvalue weighted by Gasteiger charge is 2.35. The van der Waals surface area contributed by atoms with E-state index < -0.39 is 28.5 Å². The first-order chi connectivity index (χ1) is 19.2. The van der Waals surface area contributed by atoms with Crippen LogP contribution in [-0.2, 0) is 26.2 Å². The average Bonchev–Trinajstić information content (AvgIpc) is 3.46. The minimum atomic E-state index is -4.17. The Kier molecular flexibility index (Phi) is 9.87. The van der Waals surface area contributed by atoms with Crippen molar-refractivity contribution in [2.24, 2.45) is 0 Å². The molecule has 7 nitrogen and oxygen atoms in total. The number of aryl methyl sites for hydroxylation is 1. The van der Waals surface area contributed by atoms with E-state index in [1.807, 2.05) is 44.2 Å². The lowest BCUT2D eigenvalue weighted by molar-refractivity contribution is -0.140. The van der Waals surface area contributed by atoms with Gasteiger partial charge in [0.1, 0.15) is 12.6 Å². The standard InChI is InChI=1S/C31H36ClN3O4S/c1-3-28(31(37)33-25-13-7-8-14-25)34(21-24-11-5-4-6-12-24)30(36)22-35(29-16-10-9-15-27(29)32)40(38,39)26-19-17-23(2)18-20-26/h4-6,9-12,15-20,25,28H,3,7-8,13-14,21-22H2,1-2H3,(H,33,37)/t28-/m0/s1. The van der Waals surface area contributed by atoms with Gasteiger partial charge in [0.25, 0.3) is 10.0 Å². The van der Waals surface area contributed by atoms with Gasteiger partial charge in [-0.3, -0.25) is 13.9 Å². The topological polar surface area (TPSA) is 86.8 Å². The van der Waals surface area contributed by atoms with Crippen LogP contribution in [0.5, 0.6) is 0 Å². The SMILES string of the molecule is CC[C@@H](C(=O)NC1CCCC1)N(Cc1ccccc1)C(=O)CN(c1ccccc1Cl)S(=O)(=O)c1ccc(C)cc1. The zero-order valence-electron chi connectivity index (χ0n) is 22.9. The highest BCUT2D eigenvalue weighted by Crippen LogP contribution is 2.31. The van der Waals surface area contributed by atoms with Crippen molar-refractivity contribution in [1.82, 2.24) is 10.2 Å². The van der Waals surface area contributed by atoms with Crippen molar-refractivity contribution in [2.75, 3.05) is 10.8 Å². The van der Waals surface area contributed by atoms with Crippen LogP contribution in [0.1, 0.15) is 50.2 Å². The first-order valence-corrected chi connectivity index (χ1v) is 15.5. The molecule has 1 fully saturated rings. The van der Waals surface area contributed by atoms with Crippen LogP contribution in [0, 0.1) is 6.92 Å². The highest BCUT2D eigenvalue weighted by atomic mass is 35.5. The summed E-state index contributed by atoms with van der Waals surface area (Å²) in [5.74, 6) is -0.711. The Hall–Kier alpha value is -3.36. The molecule has 0 unspecified atom stereocenters. The van der Waals surface area contributed by atoms with E-state index in [9.17, 15) is 18.0 Å². The summed E-state index contributed by atoms with van der Waals surface area (Å²) in [6.45, 7) is 3.38. The molecule has 1 N–H and O–H groups in total. The van der Waals surface area contributed by atoms with E-state index in [1.165, 1.54) is 17.0 Å². The average molecular weight is 582 g/mol. The Labute approximate surface area is 242 Å². The molecule has 2 amide bonds. The fourth-order valence-corrected chi connectivity index (χ4v) is 6.79. The number of carbonyl (C=O) groups excluding carboxylic acids is 2. The molecule has 1 atom stereocenters. The lowest BCUT2D eigenvalue weighted by atomic mass is 10.1. The summed E-state index contributed by atoms with van der Waals surface area (Å²) in [5, 5.41) is 3.32. The molecule has 0 aliphatic heterocycles. The van der Waals surface area contributed by atoms with Crippen molar-refractivity contribution >= 4 is 39.1 Å². The number of hydrogen-bond acceptors (Lipinski definition) is 4. The lowest BCUT2D eigenvalue weighted by Gasteiger charge is -2.34. The predicted molar refractivity (Wildman–Crippen MR) is 159 cm³/mol. The van der Waals surface area contributed by atoms with E-state index in [2.05, 4.69) is 5.32 Å². The number of rotatable bonds is 11. The summed E-state index contributed by atoms with van der Waals surface area (Å²) in [6.07, 6.45) is 4.36. The van der Waals surface area contributed by atoms with Crippen molar-refractivity contribution in [1.29, 1.82) is 0 Å². The molecule has 0 saturated heterocycles. The number of halogens is 1. The quantitative estimate of drug-likeness (QED) is 0.314. The number of amides is 2. The van der Waals surface area contributed by atoms with Crippen molar-refractivity contribution in [3.8, 4) is 0 Å². The van der Waals surface area contributed by atoms with Gasteiger partial charge in [0.15, 0.2) is 0 Å². The minimum absolute atomic E-state index is 0.0476. The normalized spacial score (nSPS) is 14.5. The monoisotopic (exact) mass is 581 g/mol. The summed E-state index contributed by atoms with van der Waals surface area (Å²) in [5.41, 5.74) is 1.95. The zero-order valence-corrected chi connectivity index (χ0v) is 24.5. The van der Waals surface area contributed by atoms with Crippen molar-refractivity contribution in [2.45, 2.75) is 69.5 Å². The van der Waals surface area contributed by atoms with Gasteiger partial charge in [-0.15, -0.1) is 0 Å². The van der Waals surface area contributed by atoms with Gasteiger partial charge in [0, 0.05) is 12.6 Å². The van der Waals surface area contributed by atoms with Crippen LogP contribution >= 0.6 is 11.6 Å². The van der Waals surface area contributed by atoms with E-state index in [4.69, 9.17) is 11.6 Å². The maximum Gasteiger partial charge on any atom is 0.264 e. The number of anilines is 1. The largest absolute Gasteiger partial charge is 0.352 e. The molecule has 0 bridgehead atoms. The number of carbonyl (C=O) groups is 2. The third kappa shape index (κ3) is 7.04. The van der Waals surface area contributed by atoms with E-state index >= 15 is 0 Å². The first kappa shape index (κ1) is 29.6. The fourth-order valence-electron chi connectivity index (χ4n) is 5.07. The molecule has 0 spiro atoms. The van der Waals surface area contributed by atoms with E-state index in [-0.39, 0.29) is 34.1 Å². The Balaban J connectivity index is 1.71. The molecular weight excluding hydrogens is 546 g/mol. The van der Waals surface area contributed by atoms with Gasteiger partial charge in [0.2, 0.25) is 11.8 Å². The van der Waals surface area contributed by atoms with E-state index in [1.54, 1.807) is 36.4 Å². The van der Waals surface area contributed by atoms with Crippen LogP contribution in [0.15, 0.2) is 83.8 Å². The van der Waals surface area contributed by atoms with Gasteiger partial charge in [-0.1, -0.05) is 91.5 Å². The van der Waals surface area contributed by atoms with Crippen molar-refractivity contribution < 1.29 is 18.0 Å². The summed E-state index contributed by atoms with van der Waals surface area (Å²) < 4.78 is 28.9. The van der Waals surface area contributed by atoms with Gasteiger partial charge in [-0.25, -0.2) is 8.42 Å². The smallest absolute Gasteiger partial charge is 0.264 e. The number of nitrogens with one attached hydrogen (secondary N) is 1. The molecule has 1 aliphatic rings. The van der Waals surface area contributed by atoms with E-state index in [0.29, 0.717) is 6.42 Å². The van der Waals surface area contributed by atoms with Crippen molar-refractivity contribution in [3.05, 3.63) is 95.0 Å². The lowest BCUT2D eigenvalue weighted by Crippen LogP contribution is -2.53. The second-order valence-corrected chi connectivity index (χ2v) is 12.5. The molecule has 0 heterocycles. The van der Waals surface area contributed by atoms with Gasteiger partial charge >= 0.3 is 0 Å². The summed E-state index contributed by atoms with van der Waals surface area (Å²) in [7, 11) is -4.17. The Morgan fingerprint density at radius 2 is 1.57 bits per heavy atom. The molecule has 1 saturated carbocycles. The molecule has 3 aromatic carbocycles. The number of hydrogen-bond donors (Lipinski definition) is 1. The number of nitrogens with zero attached hydrogens (tertiary/aromatic N) is 2. The molecule has 212 valence electrons. The van der Waals surface area contributed by atoms with Crippen LogP contribution < -0.4 is 9.62 Å². The molecule has 0 aromatic heterocycles. The highest BCUT2D eigenvalue weighted by molar-refractivity contribution is 7.92. The number of benzene rings is 3. The number of para-hydroxylation sites is 1. The van der Waals surface area contributed by atoms with Gasteiger partial charge in [0.05, 0.1) is 15.6 Å². The molecule has 0 radical (unpaired) electrons. The van der Waals surface area contributed by atoms with Crippen LogP contribution in [-0.4, -0.2) is 43.8 Å². The summed E-state index contributed by atoms with van der Waals surface area (Å²) >= 11 is 6.47. The van der Waals surface area contributed by atoms with Crippen molar-refractivity contribution in [3.63, 3.8) is 0 Å². The Bertz CT molecular complexity index is 1410. The third-order valence-corrected chi connectivity index (χ3v) is 9.39. The van der Waals surface area contributed by atoms with Crippen LogP contribution in [0.3, 0.4) is 0 Å². The fraction of sp³-hybridized carbons (Fsp3) is 0.355. The predicted octanol–water partition coefficient (Wildman–Crippen LogP) is 5.71. The summed E-state index contributed by atoms with van der Waals surface area (Å²) in [4.78, 5) is 29.1. The minimum Gasteiger partial charge on any atom is -0.352 e. The number of sulfonamides is 1. The molecule has 3 aromatic rings. The molecule has 1 aliphatic carbocycles. The third-order valence-electron chi connectivity index (χ3n) is 7.29. The van der Waals surface area contributed by atoms with Gasteiger partial charge < -0.3 is 10.2 Å². The molecule has 9 heteroatoms. The summed E-state index contributed by atoms with van der Waals surface area (Å²) in [6, 6.07) is 21.7. The van der Waals surface area contributed by atoms with Gasteiger partial charge in [-0.2, -0.15) is 0 Å². The molecular formula is C31H36ClN3O4S. The van der Waals surface area contributed by atoms with Crippen LogP contribution in [0.4, 0.5) is 5.69 Å². The van der Waals surface area contributed by atoms with E-state index in [0.717, 1.165) is 41.1 Å². The second kappa shape index (κ2) is 13.3. The molecule has 40 heavy (non-hydrogen) atoms. The van der Waals surface area contributed by atoms with Gasteiger partial charge in [-0.05, 0) is 56.0 Å². The zero-order chi connectivity index (χ0) is 28.7. The maximum atomic E-state index is 14.1. The van der Waals surface area contributed by atoms with Crippen LogP contribution in [0.25, 0.3) is 0 Å². The Morgan fingerprint density at radius 3 is 2.20 bits per heavy atom. The maximum absolute atomic E-state index is 14.1. The van der Waals surface area contributed by atoms with Crippen LogP contribution in [0.2, 0.25) is 5.02 Å². The first-order valence-electron chi connectivity index (χ1n) is 13.7. The Morgan fingerprint density at radius 1 is 0.950 bits per heavy atom. The molecule has 4 rings (SSSR count).